The molecule has 4 aliphatic rings. The summed E-state index contributed by atoms with van der Waals surface area (Å²) in [6, 6.07) is 9.04. The normalized spacial score (nSPS) is 38.1. The maximum atomic E-state index is 13.7. The van der Waals surface area contributed by atoms with E-state index in [1.165, 1.54) is 6.92 Å². The molecule has 0 aromatic heterocycles. The summed E-state index contributed by atoms with van der Waals surface area (Å²) in [5.41, 5.74) is 2.74. The maximum absolute atomic E-state index is 13.7. The molecule has 0 N–H and O–H groups in total. The van der Waals surface area contributed by atoms with E-state index in [4.69, 9.17) is 9.47 Å². The van der Waals surface area contributed by atoms with E-state index in [1.807, 2.05) is 24.3 Å². The molecule has 5 rings (SSSR count). The summed E-state index contributed by atoms with van der Waals surface area (Å²) >= 11 is 0. The lowest BCUT2D eigenvalue weighted by Gasteiger charge is -2.56. The van der Waals surface area contributed by atoms with Gasteiger partial charge in [0.1, 0.15) is 12.2 Å². The minimum atomic E-state index is -0.433. The van der Waals surface area contributed by atoms with Gasteiger partial charge < -0.3 is 9.47 Å². The predicted molar refractivity (Wildman–Crippen MR) is 132 cm³/mol. The van der Waals surface area contributed by atoms with Crippen molar-refractivity contribution in [3.8, 4) is 0 Å². The van der Waals surface area contributed by atoms with Gasteiger partial charge in [0.25, 0.3) is 0 Å². The topological polar surface area (TPSA) is 69.7 Å². The fraction of sp³-hybridized carbons (Fsp3) is 0.500. The molecule has 7 atom stereocenters. The first-order chi connectivity index (χ1) is 16.6. The summed E-state index contributed by atoms with van der Waals surface area (Å²) in [5.74, 6) is -0.638. The molecule has 2 unspecified atom stereocenters. The van der Waals surface area contributed by atoms with E-state index in [2.05, 4.69) is 27.0 Å². The summed E-state index contributed by atoms with van der Waals surface area (Å²) in [4.78, 5) is 38.1. The van der Waals surface area contributed by atoms with Crippen LogP contribution in [0.15, 0.2) is 66.3 Å². The predicted octanol–water partition coefficient (Wildman–Crippen LogP) is 5.62. The molecule has 0 aliphatic heterocycles. The minimum Gasteiger partial charge on any atom is -0.458 e. The van der Waals surface area contributed by atoms with E-state index in [1.54, 1.807) is 12.1 Å². The Bertz CT molecular complexity index is 1150. The van der Waals surface area contributed by atoms with E-state index < -0.39 is 6.10 Å². The Balaban J connectivity index is 1.41. The van der Waals surface area contributed by atoms with Crippen molar-refractivity contribution in [3.63, 3.8) is 0 Å². The van der Waals surface area contributed by atoms with Crippen molar-refractivity contribution in [3.05, 3.63) is 71.8 Å². The summed E-state index contributed by atoms with van der Waals surface area (Å²) in [6.45, 7) is 14.4. The SMILES string of the molecule is C=C1C(=C)[C@H]2[C@@H]3C(=O)C=C4CC(OC(=O)c5ccccc5)CC[C@]4(C)[C@@H]3CC[C@]2(C)C1OC(C)=O. The van der Waals surface area contributed by atoms with Gasteiger partial charge in [0.2, 0.25) is 0 Å². The van der Waals surface area contributed by atoms with Crippen molar-refractivity contribution in [2.24, 2.45) is 28.6 Å². The Labute approximate surface area is 207 Å². The van der Waals surface area contributed by atoms with Gasteiger partial charge in [0.15, 0.2) is 5.78 Å². The lowest BCUT2D eigenvalue weighted by atomic mass is 9.47. The van der Waals surface area contributed by atoms with Crippen LogP contribution in [0.1, 0.15) is 63.2 Å². The third kappa shape index (κ3) is 3.62. The van der Waals surface area contributed by atoms with E-state index in [-0.39, 0.29) is 52.4 Å². The molecule has 4 aliphatic carbocycles. The average Bonchev–Trinajstić information content (AvgIpc) is 3.01. The Morgan fingerprint density at radius 3 is 2.40 bits per heavy atom. The molecule has 0 radical (unpaired) electrons. The van der Waals surface area contributed by atoms with Crippen LogP contribution < -0.4 is 0 Å². The summed E-state index contributed by atoms with van der Waals surface area (Å²) < 4.78 is 11.6. The number of fused-ring (bicyclic) bond motifs is 5. The molecular weight excluding hydrogens is 440 g/mol. The van der Waals surface area contributed by atoms with Crippen LogP contribution in [0.25, 0.3) is 0 Å². The highest BCUT2D eigenvalue weighted by Gasteiger charge is 2.64. The zero-order chi connectivity index (χ0) is 25.1. The van der Waals surface area contributed by atoms with Crippen LogP contribution in [0.2, 0.25) is 0 Å². The van der Waals surface area contributed by atoms with Crippen LogP contribution in [0.4, 0.5) is 0 Å². The molecule has 1 aromatic carbocycles. The second-order valence-electron chi connectivity index (χ2n) is 11.3. The second kappa shape index (κ2) is 8.32. The molecule has 0 spiro atoms. The first-order valence-corrected chi connectivity index (χ1v) is 12.6. The van der Waals surface area contributed by atoms with Gasteiger partial charge in [-0.2, -0.15) is 0 Å². The number of rotatable bonds is 3. The maximum Gasteiger partial charge on any atom is 0.338 e. The number of hydrogen-bond donors (Lipinski definition) is 0. The molecule has 0 bridgehead atoms. The van der Waals surface area contributed by atoms with E-state index in [0.29, 0.717) is 12.0 Å². The summed E-state index contributed by atoms with van der Waals surface area (Å²) in [7, 11) is 0. The summed E-state index contributed by atoms with van der Waals surface area (Å²) in [5, 5.41) is 0. The van der Waals surface area contributed by atoms with Gasteiger partial charge in [-0.1, -0.05) is 50.8 Å². The number of carbonyl (C=O) groups excluding carboxylic acids is 3. The molecule has 0 amide bonds. The number of benzene rings is 1. The number of carbonyl (C=O) groups is 3. The Morgan fingerprint density at radius 1 is 1.00 bits per heavy atom. The molecule has 3 saturated carbocycles. The van der Waals surface area contributed by atoms with Gasteiger partial charge in [-0.05, 0) is 66.4 Å². The van der Waals surface area contributed by atoms with Gasteiger partial charge in [-0.3, -0.25) is 9.59 Å². The number of esters is 2. The molecule has 1 aromatic rings. The van der Waals surface area contributed by atoms with Crippen molar-refractivity contribution in [2.75, 3.05) is 0 Å². The molecule has 5 heteroatoms. The molecule has 5 nitrogen and oxygen atoms in total. The largest absolute Gasteiger partial charge is 0.458 e. The van der Waals surface area contributed by atoms with Crippen LogP contribution in [-0.2, 0) is 19.1 Å². The quantitative estimate of drug-likeness (QED) is 0.532. The van der Waals surface area contributed by atoms with Crippen molar-refractivity contribution in [1.29, 1.82) is 0 Å². The van der Waals surface area contributed by atoms with Crippen molar-refractivity contribution in [2.45, 2.75) is 65.1 Å². The second-order valence-corrected chi connectivity index (χ2v) is 11.3. The van der Waals surface area contributed by atoms with Crippen molar-refractivity contribution < 1.29 is 23.9 Å². The Hall–Kier alpha value is -2.95. The fourth-order valence-electron chi connectivity index (χ4n) is 7.58. The minimum absolute atomic E-state index is 0.0890. The van der Waals surface area contributed by atoms with Crippen LogP contribution in [0, 0.1) is 28.6 Å². The van der Waals surface area contributed by atoms with E-state index in [0.717, 1.165) is 42.4 Å². The van der Waals surface area contributed by atoms with Crippen LogP contribution in [-0.4, -0.2) is 29.9 Å². The van der Waals surface area contributed by atoms with E-state index >= 15 is 0 Å². The Kier molecular flexibility index (Phi) is 5.65. The van der Waals surface area contributed by atoms with Gasteiger partial charge in [0.05, 0.1) is 5.56 Å². The first kappa shape index (κ1) is 23.8. The third-order valence-electron chi connectivity index (χ3n) is 9.40. The first-order valence-electron chi connectivity index (χ1n) is 12.6. The standard InChI is InChI=1S/C30H34O5/c1-17-18(2)27(34-19(3)31)30(5)14-12-23-25(26(17)30)24(32)16-21-15-22(11-13-29(21,23)4)35-28(33)20-9-7-6-8-10-20/h6-10,16,22-23,25-27H,1-2,11-15H2,3-5H3/t22?,23-,25+,26+,27?,29+,30+/m1/s1. The van der Waals surface area contributed by atoms with Crippen molar-refractivity contribution >= 4 is 17.7 Å². The van der Waals surface area contributed by atoms with Crippen LogP contribution in [0.5, 0.6) is 0 Å². The lowest BCUT2D eigenvalue weighted by Crippen LogP contribution is -2.54. The van der Waals surface area contributed by atoms with Crippen LogP contribution >= 0.6 is 0 Å². The molecule has 0 heterocycles. The highest BCUT2D eigenvalue weighted by atomic mass is 16.5. The number of ketones is 1. The van der Waals surface area contributed by atoms with Crippen LogP contribution in [0.3, 0.4) is 0 Å². The third-order valence-corrected chi connectivity index (χ3v) is 9.40. The highest BCUT2D eigenvalue weighted by Crippen LogP contribution is 2.66. The average molecular weight is 475 g/mol. The number of allylic oxidation sites excluding steroid dienone is 1. The fourth-order valence-corrected chi connectivity index (χ4v) is 7.58. The highest BCUT2D eigenvalue weighted by molar-refractivity contribution is 5.95. The molecule has 184 valence electrons. The van der Waals surface area contributed by atoms with Gasteiger partial charge >= 0.3 is 11.9 Å². The van der Waals surface area contributed by atoms with E-state index in [9.17, 15) is 14.4 Å². The lowest BCUT2D eigenvalue weighted by molar-refractivity contribution is -0.155. The monoisotopic (exact) mass is 474 g/mol. The number of ether oxygens (including phenoxy) is 2. The van der Waals surface area contributed by atoms with Gasteiger partial charge in [-0.25, -0.2) is 4.79 Å². The van der Waals surface area contributed by atoms with Gasteiger partial charge in [-0.15, -0.1) is 0 Å². The van der Waals surface area contributed by atoms with Crippen molar-refractivity contribution in [1.82, 2.24) is 0 Å². The molecule has 35 heavy (non-hydrogen) atoms. The number of hydrogen-bond acceptors (Lipinski definition) is 5. The zero-order valence-electron chi connectivity index (χ0n) is 20.8. The Morgan fingerprint density at radius 2 is 1.71 bits per heavy atom. The smallest absolute Gasteiger partial charge is 0.338 e. The summed E-state index contributed by atoms with van der Waals surface area (Å²) in [6.07, 6.45) is 5.12. The molecule has 0 saturated heterocycles. The zero-order valence-corrected chi connectivity index (χ0v) is 20.8. The molecule has 3 fully saturated rings. The van der Waals surface area contributed by atoms with Gasteiger partial charge in [0, 0.05) is 30.6 Å². The molecular formula is C30H34O5.